The van der Waals surface area contributed by atoms with Gasteiger partial charge < -0.3 is 50.4 Å². The van der Waals surface area contributed by atoms with Crippen molar-refractivity contribution in [2.45, 2.75) is 154 Å². The molecule has 12 nitrogen and oxygen atoms in total. The second kappa shape index (κ2) is 14.7. The maximum Gasteiger partial charge on any atom is 0.249 e. The number of ether oxygens (including phenoxy) is 4. The number of hydrogen-bond donors (Lipinski definition) is 6. The fourth-order valence-corrected chi connectivity index (χ4v) is 5.51. The Balaban J connectivity index is 2.33. The molecule has 2 saturated heterocycles. The number of nitrogens with two attached hydrogens (primary N) is 1. The molecule has 0 aromatic carbocycles. The molecule has 10 unspecified atom stereocenters. The zero-order chi connectivity index (χ0) is 30.4. The third-order valence-corrected chi connectivity index (χ3v) is 9.13. The van der Waals surface area contributed by atoms with Crippen LogP contribution in [0.1, 0.15) is 87.0 Å². The zero-order valence-electron chi connectivity index (χ0n) is 25.0. The molecule has 12 heteroatoms. The van der Waals surface area contributed by atoms with E-state index in [9.17, 15) is 30.0 Å². The number of rotatable bonds is 12. The summed E-state index contributed by atoms with van der Waals surface area (Å²) in [5, 5.41) is 46.3. The normalized spacial score (nSPS) is 36.0. The summed E-state index contributed by atoms with van der Waals surface area (Å²) in [5.74, 6) is -1.15. The largest absolute Gasteiger partial charge is 0.394 e. The van der Waals surface area contributed by atoms with Crippen molar-refractivity contribution in [3.05, 3.63) is 0 Å². The third-order valence-electron chi connectivity index (χ3n) is 9.13. The molecule has 10 atom stereocenters. The average Bonchev–Trinajstić information content (AvgIpc) is 2.92. The first-order valence-corrected chi connectivity index (χ1v) is 14.6. The highest BCUT2D eigenvalue weighted by atomic mass is 16.7. The Kier molecular flexibility index (Phi) is 12.8. The van der Waals surface area contributed by atoms with Crippen LogP contribution >= 0.6 is 0 Å². The van der Waals surface area contributed by atoms with E-state index in [1.54, 1.807) is 0 Å². The van der Waals surface area contributed by atoms with Gasteiger partial charge in [-0.2, -0.15) is 0 Å². The molecular formula is C28H52N2O10. The SMILES string of the molecule is CCC(C)(CC)OC1C(C(N)=O)OC(OC2CCC(NC(C)=O)C(C(C)(CC)CC)OC(CO)C2O)C(O)C1O. The Morgan fingerprint density at radius 2 is 1.55 bits per heavy atom. The second-order valence-corrected chi connectivity index (χ2v) is 11.7. The van der Waals surface area contributed by atoms with E-state index in [1.807, 2.05) is 41.5 Å². The molecule has 7 N–H and O–H groups in total. The lowest BCUT2D eigenvalue weighted by Gasteiger charge is -2.48. The van der Waals surface area contributed by atoms with Crippen LogP contribution in [0.25, 0.3) is 0 Å². The highest BCUT2D eigenvalue weighted by molar-refractivity contribution is 5.79. The molecule has 0 aromatic heterocycles. The van der Waals surface area contributed by atoms with Crippen LogP contribution in [0.2, 0.25) is 0 Å². The topological polar surface area (TPSA) is 190 Å². The summed E-state index contributed by atoms with van der Waals surface area (Å²) in [4.78, 5) is 24.4. The minimum absolute atomic E-state index is 0.194. The van der Waals surface area contributed by atoms with E-state index in [0.29, 0.717) is 19.3 Å². The molecule has 40 heavy (non-hydrogen) atoms. The van der Waals surface area contributed by atoms with E-state index in [2.05, 4.69) is 5.32 Å². The summed E-state index contributed by atoms with van der Waals surface area (Å²) in [6, 6.07) is -0.449. The van der Waals surface area contributed by atoms with Gasteiger partial charge >= 0.3 is 0 Å². The molecule has 2 rings (SSSR count). The average molecular weight is 577 g/mol. The van der Waals surface area contributed by atoms with Crippen molar-refractivity contribution in [2.75, 3.05) is 6.61 Å². The molecule has 0 aromatic rings. The number of aliphatic hydroxyl groups excluding tert-OH is 4. The van der Waals surface area contributed by atoms with Crippen LogP contribution in [0, 0.1) is 5.41 Å². The van der Waals surface area contributed by atoms with Crippen molar-refractivity contribution in [1.82, 2.24) is 5.32 Å². The van der Waals surface area contributed by atoms with Gasteiger partial charge in [0, 0.05) is 6.92 Å². The van der Waals surface area contributed by atoms with Gasteiger partial charge in [0.25, 0.3) is 0 Å². The lowest BCUT2D eigenvalue weighted by atomic mass is 9.74. The highest BCUT2D eigenvalue weighted by Gasteiger charge is 2.52. The molecule has 0 aliphatic carbocycles. The van der Waals surface area contributed by atoms with Gasteiger partial charge in [-0.25, -0.2) is 0 Å². The van der Waals surface area contributed by atoms with Crippen molar-refractivity contribution in [2.24, 2.45) is 11.1 Å². The molecule has 234 valence electrons. The van der Waals surface area contributed by atoms with Gasteiger partial charge in [-0.05, 0) is 50.9 Å². The van der Waals surface area contributed by atoms with E-state index in [0.717, 1.165) is 12.8 Å². The van der Waals surface area contributed by atoms with Crippen LogP contribution in [0.5, 0.6) is 0 Å². The Bertz CT molecular complexity index is 821. The molecule has 0 spiro atoms. The fraction of sp³-hybridized carbons (Fsp3) is 0.929. The molecule has 2 fully saturated rings. The van der Waals surface area contributed by atoms with Crippen LogP contribution in [0.4, 0.5) is 0 Å². The number of primary amides is 1. The first kappa shape index (κ1) is 34.8. The molecule has 0 saturated carbocycles. The van der Waals surface area contributed by atoms with E-state index < -0.39 is 79.3 Å². The summed E-state index contributed by atoms with van der Waals surface area (Å²) >= 11 is 0. The summed E-state index contributed by atoms with van der Waals surface area (Å²) < 4.78 is 24.1. The number of hydrogen-bond acceptors (Lipinski definition) is 10. The first-order chi connectivity index (χ1) is 18.7. The van der Waals surface area contributed by atoms with Gasteiger partial charge in [0.2, 0.25) is 11.8 Å². The molecule has 2 aliphatic rings. The van der Waals surface area contributed by atoms with Crippen molar-refractivity contribution < 1.29 is 49.0 Å². The quantitative estimate of drug-likeness (QED) is 0.191. The lowest BCUT2D eigenvalue weighted by molar-refractivity contribution is -0.327. The van der Waals surface area contributed by atoms with Gasteiger partial charge in [-0.15, -0.1) is 0 Å². The van der Waals surface area contributed by atoms with Gasteiger partial charge in [0.1, 0.15) is 30.5 Å². The highest BCUT2D eigenvalue weighted by Crippen LogP contribution is 2.39. The van der Waals surface area contributed by atoms with Crippen LogP contribution in [-0.4, -0.2) is 106 Å². The van der Waals surface area contributed by atoms with Crippen molar-refractivity contribution in [3.8, 4) is 0 Å². The van der Waals surface area contributed by atoms with Crippen molar-refractivity contribution >= 4 is 11.8 Å². The van der Waals surface area contributed by atoms with E-state index in [-0.39, 0.29) is 17.7 Å². The minimum Gasteiger partial charge on any atom is -0.394 e. The molecule has 2 amide bonds. The lowest BCUT2D eigenvalue weighted by Crippen LogP contribution is -2.65. The van der Waals surface area contributed by atoms with Gasteiger partial charge in [0.05, 0.1) is 30.5 Å². The Hall–Kier alpha value is -1.38. The van der Waals surface area contributed by atoms with Crippen molar-refractivity contribution in [1.29, 1.82) is 0 Å². The number of aliphatic hydroxyl groups is 4. The summed E-state index contributed by atoms with van der Waals surface area (Å²) in [7, 11) is 0. The number of carbonyl (C=O) groups excluding carboxylic acids is 2. The fourth-order valence-electron chi connectivity index (χ4n) is 5.51. The van der Waals surface area contributed by atoms with Crippen LogP contribution in [0.15, 0.2) is 0 Å². The summed E-state index contributed by atoms with van der Waals surface area (Å²) in [6.45, 7) is 12.6. The monoisotopic (exact) mass is 576 g/mol. The van der Waals surface area contributed by atoms with Crippen molar-refractivity contribution in [3.63, 3.8) is 0 Å². The Morgan fingerprint density at radius 3 is 2.02 bits per heavy atom. The van der Waals surface area contributed by atoms with E-state index in [1.165, 1.54) is 6.92 Å². The predicted molar refractivity (Wildman–Crippen MR) is 146 cm³/mol. The second-order valence-electron chi connectivity index (χ2n) is 11.7. The summed E-state index contributed by atoms with van der Waals surface area (Å²) in [5.41, 5.74) is 4.54. The smallest absolute Gasteiger partial charge is 0.249 e. The number of nitrogens with one attached hydrogen (secondary N) is 1. The molecule has 2 aliphatic heterocycles. The Labute approximate surface area is 237 Å². The summed E-state index contributed by atoms with van der Waals surface area (Å²) in [6.07, 6.45) is -8.19. The molecule has 2 heterocycles. The first-order valence-electron chi connectivity index (χ1n) is 14.6. The number of carbonyl (C=O) groups is 2. The van der Waals surface area contributed by atoms with E-state index >= 15 is 0 Å². The number of amides is 2. The van der Waals surface area contributed by atoms with Gasteiger partial charge in [-0.1, -0.05) is 34.6 Å². The standard InChI is InChI=1S/C28H52N2O10/c1-8-27(6,9-2)24-16(30-15(5)32)12-13-17(19(33)18(14-31)37-24)38-26-21(35)20(34)22(23(39-26)25(29)36)40-28(7,10-3)11-4/h16-24,26,31,33-35H,8-14H2,1-7H3,(H2,29,36)(H,30,32). The van der Waals surface area contributed by atoms with Gasteiger partial charge in [0.15, 0.2) is 12.4 Å². The molecule has 0 bridgehead atoms. The Morgan fingerprint density at radius 1 is 0.950 bits per heavy atom. The minimum atomic E-state index is -1.63. The van der Waals surface area contributed by atoms with E-state index in [4.69, 9.17) is 24.7 Å². The van der Waals surface area contributed by atoms with Crippen LogP contribution in [-0.2, 0) is 28.5 Å². The predicted octanol–water partition coefficient (Wildman–Crippen LogP) is 0.499. The molecular weight excluding hydrogens is 524 g/mol. The maximum absolute atomic E-state index is 12.3. The van der Waals surface area contributed by atoms with Gasteiger partial charge in [-0.3, -0.25) is 9.59 Å². The van der Waals surface area contributed by atoms with Crippen LogP contribution < -0.4 is 11.1 Å². The third kappa shape index (κ3) is 7.91. The zero-order valence-corrected chi connectivity index (χ0v) is 25.0. The maximum atomic E-state index is 12.3. The molecule has 0 radical (unpaired) electrons. The van der Waals surface area contributed by atoms with Crippen LogP contribution in [0.3, 0.4) is 0 Å².